The van der Waals surface area contributed by atoms with Crippen molar-refractivity contribution in [1.29, 1.82) is 0 Å². The van der Waals surface area contributed by atoms with Crippen molar-refractivity contribution in [2.24, 2.45) is 0 Å². The largest absolute Gasteiger partial charge is 0.487 e. The maximum Gasteiger partial charge on any atom is 0.138 e. The highest BCUT2D eigenvalue weighted by Gasteiger charge is 2.19. The number of ether oxygens (including phenoxy) is 1. The quantitative estimate of drug-likeness (QED) is 0.860. The number of hydrogen-bond acceptors (Lipinski definition) is 3. The molecule has 0 bridgehead atoms. The van der Waals surface area contributed by atoms with Crippen molar-refractivity contribution < 1.29 is 4.74 Å². The minimum Gasteiger partial charge on any atom is -0.487 e. The highest BCUT2D eigenvalue weighted by atomic mass is 16.5. The molecule has 1 aromatic heterocycles. The molecule has 3 nitrogen and oxygen atoms in total. The predicted molar refractivity (Wildman–Crippen MR) is 74.9 cm³/mol. The zero-order valence-electron chi connectivity index (χ0n) is 10.9. The van der Waals surface area contributed by atoms with Gasteiger partial charge in [-0.25, -0.2) is 0 Å². The van der Waals surface area contributed by atoms with Crippen molar-refractivity contribution in [2.75, 3.05) is 0 Å². The summed E-state index contributed by atoms with van der Waals surface area (Å²) >= 11 is 0. The average molecular weight is 254 g/mol. The van der Waals surface area contributed by atoms with Crippen LogP contribution in [0.1, 0.15) is 24.0 Å². The van der Waals surface area contributed by atoms with E-state index >= 15 is 0 Å². The average Bonchev–Trinajstić information content (AvgIpc) is 3.29. The molecule has 1 aromatic carbocycles. The van der Waals surface area contributed by atoms with E-state index in [9.17, 15) is 0 Å². The molecular weight excluding hydrogens is 236 g/mol. The molecule has 3 rings (SSSR count). The van der Waals surface area contributed by atoms with Crippen molar-refractivity contribution in [3.8, 4) is 5.75 Å². The van der Waals surface area contributed by atoms with Crippen LogP contribution in [0.4, 0.5) is 0 Å². The van der Waals surface area contributed by atoms with Crippen LogP contribution in [0.5, 0.6) is 5.75 Å². The van der Waals surface area contributed by atoms with Gasteiger partial charge >= 0.3 is 0 Å². The number of nitrogens with zero attached hydrogens (tertiary/aromatic N) is 1. The second-order valence-electron chi connectivity index (χ2n) is 4.95. The van der Waals surface area contributed by atoms with Crippen LogP contribution in [-0.4, -0.2) is 11.0 Å². The van der Waals surface area contributed by atoms with Gasteiger partial charge in [0.25, 0.3) is 0 Å². The molecule has 0 atom stereocenters. The fourth-order valence-electron chi connectivity index (χ4n) is 1.98. The van der Waals surface area contributed by atoms with Crippen LogP contribution in [0.2, 0.25) is 0 Å². The molecule has 3 heteroatoms. The molecular formula is C16H18N2O. The van der Waals surface area contributed by atoms with Crippen molar-refractivity contribution in [1.82, 2.24) is 10.3 Å². The third-order valence-corrected chi connectivity index (χ3v) is 3.20. The maximum absolute atomic E-state index is 5.70. The molecule has 19 heavy (non-hydrogen) atoms. The Bertz CT molecular complexity index is 523. The van der Waals surface area contributed by atoms with Crippen LogP contribution < -0.4 is 10.1 Å². The third-order valence-electron chi connectivity index (χ3n) is 3.20. The molecule has 1 saturated carbocycles. The smallest absolute Gasteiger partial charge is 0.138 e. The van der Waals surface area contributed by atoms with Crippen LogP contribution in [0, 0.1) is 0 Å². The first kappa shape index (κ1) is 12.2. The fraction of sp³-hybridized carbons (Fsp3) is 0.312. The van der Waals surface area contributed by atoms with E-state index in [2.05, 4.69) is 34.6 Å². The van der Waals surface area contributed by atoms with Crippen LogP contribution in [-0.2, 0) is 13.2 Å². The summed E-state index contributed by atoms with van der Waals surface area (Å²) < 4.78 is 5.70. The maximum atomic E-state index is 5.70. The summed E-state index contributed by atoms with van der Waals surface area (Å²) in [6.07, 6.45) is 6.13. The monoisotopic (exact) mass is 254 g/mol. The molecule has 0 amide bonds. The first-order valence-corrected chi connectivity index (χ1v) is 6.74. The van der Waals surface area contributed by atoms with Gasteiger partial charge in [0.1, 0.15) is 12.4 Å². The number of rotatable bonds is 6. The molecule has 1 aliphatic rings. The predicted octanol–water partition coefficient (Wildman–Crippen LogP) is 2.91. The van der Waals surface area contributed by atoms with Gasteiger partial charge in [0.2, 0.25) is 0 Å². The van der Waals surface area contributed by atoms with E-state index in [1.807, 2.05) is 12.1 Å². The third kappa shape index (κ3) is 3.80. The lowest BCUT2D eigenvalue weighted by atomic mass is 10.1. The van der Waals surface area contributed by atoms with Gasteiger partial charge in [-0.3, -0.25) is 4.98 Å². The van der Waals surface area contributed by atoms with E-state index in [1.54, 1.807) is 12.4 Å². The van der Waals surface area contributed by atoms with Gasteiger partial charge < -0.3 is 10.1 Å². The number of nitrogens with one attached hydrogen (secondary N) is 1. The van der Waals surface area contributed by atoms with E-state index in [1.165, 1.54) is 24.0 Å². The summed E-state index contributed by atoms with van der Waals surface area (Å²) in [5, 5.41) is 3.52. The number of pyridine rings is 1. The Morgan fingerprint density at radius 2 is 2.05 bits per heavy atom. The summed E-state index contributed by atoms with van der Waals surface area (Å²) in [5.41, 5.74) is 2.51. The Balaban J connectivity index is 1.56. The standard InChI is InChI=1S/C16H18N2O/c1-3-13(10-18-15-6-7-15)9-14(4-1)12-19-16-5-2-8-17-11-16/h1-5,8-9,11,15,18H,6-7,10,12H2. The Morgan fingerprint density at radius 3 is 2.84 bits per heavy atom. The Morgan fingerprint density at radius 1 is 1.16 bits per heavy atom. The van der Waals surface area contributed by atoms with Gasteiger partial charge in [-0.15, -0.1) is 0 Å². The van der Waals surface area contributed by atoms with Crippen LogP contribution in [0.15, 0.2) is 48.8 Å². The molecule has 0 unspecified atom stereocenters. The molecule has 1 N–H and O–H groups in total. The van der Waals surface area contributed by atoms with E-state index in [0.717, 1.165) is 18.3 Å². The topological polar surface area (TPSA) is 34.1 Å². The molecule has 1 heterocycles. The van der Waals surface area contributed by atoms with Gasteiger partial charge in [0.15, 0.2) is 0 Å². The molecule has 0 aliphatic heterocycles. The van der Waals surface area contributed by atoms with Gasteiger partial charge in [0.05, 0.1) is 6.20 Å². The molecule has 0 saturated heterocycles. The van der Waals surface area contributed by atoms with E-state index in [4.69, 9.17) is 4.74 Å². The lowest BCUT2D eigenvalue weighted by molar-refractivity contribution is 0.305. The highest BCUT2D eigenvalue weighted by molar-refractivity contribution is 5.24. The number of aromatic nitrogens is 1. The molecule has 2 aromatic rings. The Hall–Kier alpha value is -1.87. The minimum atomic E-state index is 0.586. The number of hydrogen-bond donors (Lipinski definition) is 1. The Kier molecular flexibility index (Phi) is 3.75. The lowest BCUT2D eigenvalue weighted by Crippen LogP contribution is -2.15. The summed E-state index contributed by atoms with van der Waals surface area (Å²) in [4.78, 5) is 4.04. The Labute approximate surface area is 113 Å². The van der Waals surface area contributed by atoms with E-state index in [-0.39, 0.29) is 0 Å². The zero-order valence-corrected chi connectivity index (χ0v) is 10.9. The van der Waals surface area contributed by atoms with E-state index < -0.39 is 0 Å². The van der Waals surface area contributed by atoms with Crippen molar-refractivity contribution in [2.45, 2.75) is 32.0 Å². The normalized spacial score (nSPS) is 14.3. The van der Waals surface area contributed by atoms with Gasteiger partial charge in [0, 0.05) is 18.8 Å². The lowest BCUT2D eigenvalue weighted by Gasteiger charge is -2.08. The second kappa shape index (κ2) is 5.85. The summed E-state index contributed by atoms with van der Waals surface area (Å²) in [5.74, 6) is 0.809. The summed E-state index contributed by atoms with van der Waals surface area (Å²) in [6.45, 7) is 1.54. The molecule has 1 fully saturated rings. The molecule has 0 radical (unpaired) electrons. The van der Waals surface area contributed by atoms with Gasteiger partial charge in [-0.1, -0.05) is 24.3 Å². The van der Waals surface area contributed by atoms with Crippen LogP contribution in [0.25, 0.3) is 0 Å². The highest BCUT2D eigenvalue weighted by Crippen LogP contribution is 2.19. The summed E-state index contributed by atoms with van der Waals surface area (Å²) in [7, 11) is 0. The first-order chi connectivity index (χ1) is 9.40. The molecule has 1 aliphatic carbocycles. The van der Waals surface area contributed by atoms with Crippen molar-refractivity contribution >= 4 is 0 Å². The van der Waals surface area contributed by atoms with Crippen LogP contribution in [0.3, 0.4) is 0 Å². The summed E-state index contributed by atoms with van der Waals surface area (Å²) in [6, 6.07) is 13.1. The SMILES string of the molecule is c1cc(CNC2CC2)cc(COc2cccnc2)c1. The second-order valence-corrected chi connectivity index (χ2v) is 4.95. The van der Waals surface area contributed by atoms with E-state index in [0.29, 0.717) is 6.61 Å². The first-order valence-electron chi connectivity index (χ1n) is 6.74. The fourth-order valence-corrected chi connectivity index (χ4v) is 1.98. The van der Waals surface area contributed by atoms with Crippen molar-refractivity contribution in [3.05, 3.63) is 59.9 Å². The van der Waals surface area contributed by atoms with Crippen molar-refractivity contribution in [3.63, 3.8) is 0 Å². The minimum absolute atomic E-state index is 0.586. The van der Waals surface area contributed by atoms with Crippen LogP contribution >= 0.6 is 0 Å². The van der Waals surface area contributed by atoms with Gasteiger partial charge in [-0.2, -0.15) is 0 Å². The molecule has 98 valence electrons. The zero-order chi connectivity index (χ0) is 12.9. The number of benzene rings is 1. The molecule has 0 spiro atoms. The van der Waals surface area contributed by atoms with Gasteiger partial charge in [-0.05, 0) is 36.1 Å².